The fraction of sp³-hybridized carbons (Fsp3) is 0.462. The standard InChI is InChI=1S/C13H20N2O2.ClH/c1-4-17-12-7-5-11(6-8-12)13(16)15(3)10(2)9-14;/h5-8,10H,4,9,14H2,1-3H3;1H. The number of rotatable bonds is 5. The van der Waals surface area contributed by atoms with Crippen molar-refractivity contribution in [2.75, 3.05) is 20.2 Å². The summed E-state index contributed by atoms with van der Waals surface area (Å²) in [5.74, 6) is 0.754. The molecule has 0 saturated heterocycles. The molecular formula is C13H21ClN2O2. The molecule has 1 rings (SSSR count). The molecule has 0 spiro atoms. The van der Waals surface area contributed by atoms with Gasteiger partial charge in [0, 0.05) is 25.2 Å². The van der Waals surface area contributed by atoms with Crippen molar-refractivity contribution in [3.8, 4) is 5.75 Å². The van der Waals surface area contributed by atoms with E-state index in [1.165, 1.54) is 0 Å². The van der Waals surface area contributed by atoms with Crippen LogP contribution in [0.2, 0.25) is 0 Å². The van der Waals surface area contributed by atoms with Crippen molar-refractivity contribution in [2.24, 2.45) is 5.73 Å². The molecule has 102 valence electrons. The predicted octanol–water partition coefficient (Wildman–Crippen LogP) is 1.93. The largest absolute Gasteiger partial charge is 0.494 e. The Balaban J connectivity index is 0.00000289. The van der Waals surface area contributed by atoms with Gasteiger partial charge in [0.1, 0.15) is 5.75 Å². The van der Waals surface area contributed by atoms with Crippen LogP contribution >= 0.6 is 12.4 Å². The van der Waals surface area contributed by atoms with Crippen LogP contribution in [0.4, 0.5) is 0 Å². The monoisotopic (exact) mass is 272 g/mol. The first kappa shape index (κ1) is 16.7. The first-order chi connectivity index (χ1) is 8.10. The summed E-state index contributed by atoms with van der Waals surface area (Å²) >= 11 is 0. The van der Waals surface area contributed by atoms with Gasteiger partial charge < -0.3 is 15.4 Å². The van der Waals surface area contributed by atoms with Crippen LogP contribution in [-0.2, 0) is 0 Å². The van der Waals surface area contributed by atoms with E-state index in [0.717, 1.165) is 5.75 Å². The molecule has 4 nitrogen and oxygen atoms in total. The summed E-state index contributed by atoms with van der Waals surface area (Å²) < 4.78 is 5.32. The maximum absolute atomic E-state index is 12.0. The maximum atomic E-state index is 12.0. The van der Waals surface area contributed by atoms with E-state index < -0.39 is 0 Å². The average molecular weight is 273 g/mol. The highest BCUT2D eigenvalue weighted by Gasteiger charge is 2.15. The Kier molecular flexibility index (Phi) is 7.39. The summed E-state index contributed by atoms with van der Waals surface area (Å²) in [7, 11) is 1.76. The molecule has 1 unspecified atom stereocenters. The first-order valence-corrected chi connectivity index (χ1v) is 5.80. The fourth-order valence-electron chi connectivity index (χ4n) is 1.42. The lowest BCUT2D eigenvalue weighted by atomic mass is 10.1. The molecule has 0 bridgehead atoms. The number of benzene rings is 1. The van der Waals surface area contributed by atoms with Crippen molar-refractivity contribution < 1.29 is 9.53 Å². The van der Waals surface area contributed by atoms with Crippen molar-refractivity contribution >= 4 is 18.3 Å². The highest BCUT2D eigenvalue weighted by atomic mass is 35.5. The molecule has 2 N–H and O–H groups in total. The molecule has 18 heavy (non-hydrogen) atoms. The molecule has 0 fully saturated rings. The van der Waals surface area contributed by atoms with Crippen molar-refractivity contribution in [1.82, 2.24) is 4.90 Å². The normalized spacial score (nSPS) is 11.3. The Morgan fingerprint density at radius 2 is 1.94 bits per heavy atom. The van der Waals surface area contributed by atoms with E-state index in [1.54, 1.807) is 36.2 Å². The highest BCUT2D eigenvalue weighted by molar-refractivity contribution is 5.94. The molecular weight excluding hydrogens is 252 g/mol. The zero-order valence-corrected chi connectivity index (χ0v) is 11.9. The van der Waals surface area contributed by atoms with E-state index in [0.29, 0.717) is 18.7 Å². The molecule has 5 heteroatoms. The van der Waals surface area contributed by atoms with Crippen LogP contribution in [0.15, 0.2) is 24.3 Å². The minimum absolute atomic E-state index is 0. The highest BCUT2D eigenvalue weighted by Crippen LogP contribution is 2.14. The summed E-state index contributed by atoms with van der Waals surface area (Å²) in [6.45, 7) is 4.93. The van der Waals surface area contributed by atoms with Crippen LogP contribution in [0.3, 0.4) is 0 Å². The van der Waals surface area contributed by atoms with Crippen LogP contribution < -0.4 is 10.5 Å². The van der Waals surface area contributed by atoms with Gasteiger partial charge in [0.05, 0.1) is 6.61 Å². The van der Waals surface area contributed by atoms with Gasteiger partial charge in [-0.2, -0.15) is 0 Å². The molecule has 0 saturated carbocycles. The zero-order chi connectivity index (χ0) is 12.8. The number of carbonyl (C=O) groups excluding carboxylic acids is 1. The van der Waals surface area contributed by atoms with Crippen LogP contribution in [0, 0.1) is 0 Å². The molecule has 0 radical (unpaired) electrons. The van der Waals surface area contributed by atoms with Crippen LogP contribution in [0.1, 0.15) is 24.2 Å². The number of ether oxygens (including phenoxy) is 1. The minimum atomic E-state index is -0.0222. The number of hydrogen-bond donors (Lipinski definition) is 1. The Morgan fingerprint density at radius 1 is 1.39 bits per heavy atom. The third-order valence-electron chi connectivity index (χ3n) is 2.73. The second kappa shape index (κ2) is 7.95. The molecule has 1 aromatic carbocycles. The molecule has 0 aliphatic heterocycles. The van der Waals surface area contributed by atoms with Gasteiger partial charge in [0.2, 0.25) is 0 Å². The van der Waals surface area contributed by atoms with Gasteiger partial charge in [-0.3, -0.25) is 4.79 Å². The van der Waals surface area contributed by atoms with Gasteiger partial charge in [-0.25, -0.2) is 0 Å². The Labute approximate surface area is 115 Å². The van der Waals surface area contributed by atoms with Crippen molar-refractivity contribution in [1.29, 1.82) is 0 Å². The molecule has 0 aliphatic rings. The minimum Gasteiger partial charge on any atom is -0.494 e. The molecule has 1 atom stereocenters. The Hall–Kier alpha value is -1.26. The molecule has 0 aromatic heterocycles. The summed E-state index contributed by atoms with van der Waals surface area (Å²) in [4.78, 5) is 13.7. The third kappa shape index (κ3) is 4.20. The number of carbonyl (C=O) groups is 1. The van der Waals surface area contributed by atoms with Crippen molar-refractivity contribution in [3.63, 3.8) is 0 Å². The van der Waals surface area contributed by atoms with Crippen molar-refractivity contribution in [3.05, 3.63) is 29.8 Å². The van der Waals surface area contributed by atoms with Gasteiger partial charge in [-0.1, -0.05) is 0 Å². The summed E-state index contributed by atoms with van der Waals surface area (Å²) in [5, 5.41) is 0. The SMILES string of the molecule is CCOc1ccc(C(=O)N(C)C(C)CN)cc1.Cl. The smallest absolute Gasteiger partial charge is 0.253 e. The number of hydrogen-bond acceptors (Lipinski definition) is 3. The molecule has 0 heterocycles. The second-order valence-corrected chi connectivity index (χ2v) is 3.96. The van der Waals surface area contributed by atoms with E-state index in [9.17, 15) is 4.79 Å². The Morgan fingerprint density at radius 3 is 2.39 bits per heavy atom. The number of likely N-dealkylation sites (N-methyl/N-ethyl adjacent to an activating group) is 1. The maximum Gasteiger partial charge on any atom is 0.253 e. The molecule has 1 amide bonds. The third-order valence-corrected chi connectivity index (χ3v) is 2.73. The lowest BCUT2D eigenvalue weighted by Gasteiger charge is -2.23. The predicted molar refractivity (Wildman–Crippen MR) is 75.5 cm³/mol. The quantitative estimate of drug-likeness (QED) is 0.891. The number of nitrogens with two attached hydrogens (primary N) is 1. The average Bonchev–Trinajstić information content (AvgIpc) is 2.37. The number of amides is 1. The summed E-state index contributed by atoms with van der Waals surface area (Å²) in [6, 6.07) is 7.18. The number of halogens is 1. The number of nitrogens with zero attached hydrogens (tertiary/aromatic N) is 1. The van der Waals surface area contributed by atoms with E-state index in [1.807, 2.05) is 13.8 Å². The van der Waals surface area contributed by atoms with E-state index in [4.69, 9.17) is 10.5 Å². The summed E-state index contributed by atoms with van der Waals surface area (Å²) in [5.41, 5.74) is 6.19. The van der Waals surface area contributed by atoms with E-state index in [2.05, 4.69) is 0 Å². The Bertz CT molecular complexity index is 368. The van der Waals surface area contributed by atoms with Crippen LogP contribution in [0.25, 0.3) is 0 Å². The van der Waals surface area contributed by atoms with Gasteiger partial charge in [0.25, 0.3) is 5.91 Å². The lowest BCUT2D eigenvalue weighted by molar-refractivity contribution is 0.0748. The summed E-state index contributed by atoms with van der Waals surface area (Å²) in [6.07, 6.45) is 0. The van der Waals surface area contributed by atoms with Crippen LogP contribution in [0.5, 0.6) is 5.75 Å². The van der Waals surface area contributed by atoms with Crippen molar-refractivity contribution in [2.45, 2.75) is 19.9 Å². The van der Waals surface area contributed by atoms with E-state index >= 15 is 0 Å². The van der Waals surface area contributed by atoms with E-state index in [-0.39, 0.29) is 24.4 Å². The van der Waals surface area contributed by atoms with Gasteiger partial charge >= 0.3 is 0 Å². The topological polar surface area (TPSA) is 55.6 Å². The van der Waals surface area contributed by atoms with Crippen LogP contribution in [-0.4, -0.2) is 37.0 Å². The molecule has 0 aliphatic carbocycles. The zero-order valence-electron chi connectivity index (χ0n) is 11.1. The first-order valence-electron chi connectivity index (χ1n) is 5.80. The van der Waals surface area contributed by atoms with Gasteiger partial charge in [0.15, 0.2) is 0 Å². The second-order valence-electron chi connectivity index (χ2n) is 3.96. The van der Waals surface area contributed by atoms with Gasteiger partial charge in [-0.05, 0) is 38.1 Å². The molecule has 1 aromatic rings. The van der Waals surface area contributed by atoms with Gasteiger partial charge in [-0.15, -0.1) is 12.4 Å². The lowest BCUT2D eigenvalue weighted by Crippen LogP contribution is -2.39. The fourth-order valence-corrected chi connectivity index (χ4v) is 1.42.